The average Bonchev–Trinajstić information content (AvgIpc) is 2.48. The van der Waals surface area contributed by atoms with Gasteiger partial charge in [-0.05, 0) is 36.3 Å². The largest absolute Gasteiger partial charge is 0.348 e. The minimum Gasteiger partial charge on any atom is -0.348 e. The average molecular weight is 320 g/mol. The Balaban J connectivity index is 1.89. The molecule has 0 saturated heterocycles. The lowest BCUT2D eigenvalue weighted by Gasteiger charge is -2.04. The summed E-state index contributed by atoms with van der Waals surface area (Å²) in [7, 11) is 0. The number of carbonyl (C=O) groups is 1. The van der Waals surface area contributed by atoms with Crippen LogP contribution in [0.25, 0.3) is 6.08 Å². The molecular formula is C17H15Cl2NO. The molecule has 21 heavy (non-hydrogen) atoms. The first-order chi connectivity index (χ1) is 10.0. The summed E-state index contributed by atoms with van der Waals surface area (Å²) < 4.78 is 0. The van der Waals surface area contributed by atoms with Crippen molar-refractivity contribution in [2.75, 3.05) is 0 Å². The molecule has 4 heteroatoms. The molecule has 0 fully saturated rings. The summed E-state index contributed by atoms with van der Waals surface area (Å²) in [6, 6.07) is 13.2. The van der Waals surface area contributed by atoms with Gasteiger partial charge in [0.1, 0.15) is 0 Å². The van der Waals surface area contributed by atoms with E-state index in [1.807, 2.05) is 37.3 Å². The van der Waals surface area contributed by atoms with E-state index in [0.29, 0.717) is 16.6 Å². The van der Waals surface area contributed by atoms with Gasteiger partial charge in [-0.3, -0.25) is 4.79 Å². The first kappa shape index (κ1) is 15.6. The fraction of sp³-hybridized carbons (Fsp3) is 0.118. The normalized spacial score (nSPS) is 10.8. The highest BCUT2D eigenvalue weighted by atomic mass is 35.5. The number of aryl methyl sites for hydroxylation is 1. The second-order valence-electron chi connectivity index (χ2n) is 4.71. The highest BCUT2D eigenvalue weighted by Gasteiger charge is 2.01. The van der Waals surface area contributed by atoms with Crippen LogP contribution in [-0.4, -0.2) is 5.91 Å². The number of amides is 1. The lowest BCUT2D eigenvalue weighted by atomic mass is 10.1. The van der Waals surface area contributed by atoms with Crippen molar-refractivity contribution in [1.29, 1.82) is 0 Å². The molecule has 0 aromatic heterocycles. The molecule has 0 unspecified atom stereocenters. The third-order valence-electron chi connectivity index (χ3n) is 2.96. The number of hydrogen-bond donors (Lipinski definition) is 1. The van der Waals surface area contributed by atoms with Crippen molar-refractivity contribution in [2.24, 2.45) is 0 Å². The molecular weight excluding hydrogens is 305 g/mol. The van der Waals surface area contributed by atoms with Gasteiger partial charge in [0.2, 0.25) is 5.91 Å². The summed E-state index contributed by atoms with van der Waals surface area (Å²) in [5.41, 5.74) is 3.09. The highest BCUT2D eigenvalue weighted by molar-refractivity contribution is 6.42. The molecule has 1 N–H and O–H groups in total. The minimum atomic E-state index is -0.151. The molecule has 0 atom stereocenters. The number of hydrogen-bond acceptors (Lipinski definition) is 1. The zero-order valence-electron chi connectivity index (χ0n) is 11.6. The number of nitrogens with one attached hydrogen (secondary N) is 1. The van der Waals surface area contributed by atoms with Crippen molar-refractivity contribution in [3.8, 4) is 0 Å². The molecule has 0 aliphatic carbocycles. The minimum absolute atomic E-state index is 0.151. The molecule has 0 aliphatic heterocycles. The summed E-state index contributed by atoms with van der Waals surface area (Å²) >= 11 is 11.8. The number of rotatable bonds is 4. The van der Waals surface area contributed by atoms with Gasteiger partial charge in [0.15, 0.2) is 0 Å². The maximum Gasteiger partial charge on any atom is 0.244 e. The number of benzene rings is 2. The predicted octanol–water partition coefficient (Wildman–Crippen LogP) is 4.63. The van der Waals surface area contributed by atoms with E-state index in [2.05, 4.69) is 5.32 Å². The van der Waals surface area contributed by atoms with E-state index in [1.54, 1.807) is 18.2 Å². The predicted molar refractivity (Wildman–Crippen MR) is 88.5 cm³/mol. The van der Waals surface area contributed by atoms with Gasteiger partial charge in [0.25, 0.3) is 0 Å². The Morgan fingerprint density at radius 1 is 1.10 bits per heavy atom. The van der Waals surface area contributed by atoms with Gasteiger partial charge in [0, 0.05) is 12.6 Å². The summed E-state index contributed by atoms with van der Waals surface area (Å²) in [6.45, 7) is 2.44. The summed E-state index contributed by atoms with van der Waals surface area (Å²) in [5, 5.41) is 3.79. The first-order valence-corrected chi connectivity index (χ1v) is 7.27. The van der Waals surface area contributed by atoms with Crippen molar-refractivity contribution < 1.29 is 4.79 Å². The maximum atomic E-state index is 11.8. The van der Waals surface area contributed by atoms with Crippen molar-refractivity contribution in [2.45, 2.75) is 13.5 Å². The molecule has 2 aromatic rings. The van der Waals surface area contributed by atoms with Gasteiger partial charge in [0.05, 0.1) is 10.0 Å². The Morgan fingerprint density at radius 3 is 2.48 bits per heavy atom. The molecule has 0 radical (unpaired) electrons. The second kappa shape index (κ2) is 7.30. The van der Waals surface area contributed by atoms with E-state index in [9.17, 15) is 4.79 Å². The van der Waals surface area contributed by atoms with Crippen LogP contribution in [0.1, 0.15) is 16.7 Å². The van der Waals surface area contributed by atoms with Gasteiger partial charge >= 0.3 is 0 Å². The topological polar surface area (TPSA) is 29.1 Å². The highest BCUT2D eigenvalue weighted by Crippen LogP contribution is 2.22. The summed E-state index contributed by atoms with van der Waals surface area (Å²) in [4.78, 5) is 11.8. The van der Waals surface area contributed by atoms with Gasteiger partial charge in [-0.25, -0.2) is 0 Å². The molecule has 108 valence electrons. The molecule has 2 rings (SSSR count). The third kappa shape index (κ3) is 4.92. The molecule has 0 aliphatic rings. The Morgan fingerprint density at radius 2 is 1.81 bits per heavy atom. The van der Waals surface area contributed by atoms with Crippen LogP contribution in [0, 0.1) is 6.92 Å². The summed E-state index contributed by atoms with van der Waals surface area (Å²) in [5.74, 6) is -0.151. The van der Waals surface area contributed by atoms with Crippen LogP contribution in [0.3, 0.4) is 0 Å². The van der Waals surface area contributed by atoms with Crippen LogP contribution in [0.15, 0.2) is 48.5 Å². The molecule has 0 heterocycles. The molecule has 1 amide bonds. The van der Waals surface area contributed by atoms with Crippen LogP contribution in [0.5, 0.6) is 0 Å². The van der Waals surface area contributed by atoms with Crippen LogP contribution in [-0.2, 0) is 11.3 Å². The number of halogens is 2. The fourth-order valence-corrected chi connectivity index (χ4v) is 2.07. The van der Waals surface area contributed by atoms with Crippen molar-refractivity contribution >= 4 is 35.2 Å². The number of carbonyl (C=O) groups excluding carboxylic acids is 1. The van der Waals surface area contributed by atoms with Gasteiger partial charge in [-0.1, -0.05) is 59.1 Å². The molecule has 0 saturated carbocycles. The van der Waals surface area contributed by atoms with Gasteiger partial charge < -0.3 is 5.32 Å². The van der Waals surface area contributed by atoms with E-state index in [1.165, 1.54) is 11.6 Å². The maximum absolute atomic E-state index is 11.8. The molecule has 0 bridgehead atoms. The zero-order chi connectivity index (χ0) is 15.2. The van der Waals surface area contributed by atoms with E-state index < -0.39 is 0 Å². The summed E-state index contributed by atoms with van der Waals surface area (Å²) in [6.07, 6.45) is 3.30. The van der Waals surface area contributed by atoms with E-state index in [-0.39, 0.29) is 5.91 Å². The zero-order valence-corrected chi connectivity index (χ0v) is 13.1. The molecule has 2 nitrogen and oxygen atoms in total. The van der Waals surface area contributed by atoms with E-state index >= 15 is 0 Å². The molecule has 2 aromatic carbocycles. The van der Waals surface area contributed by atoms with Crippen molar-refractivity contribution in [3.63, 3.8) is 0 Å². The second-order valence-corrected chi connectivity index (χ2v) is 5.52. The fourth-order valence-electron chi connectivity index (χ4n) is 1.75. The Kier molecular flexibility index (Phi) is 5.43. The lowest BCUT2D eigenvalue weighted by molar-refractivity contribution is -0.116. The quantitative estimate of drug-likeness (QED) is 0.818. The van der Waals surface area contributed by atoms with E-state index in [0.717, 1.165) is 11.1 Å². The van der Waals surface area contributed by atoms with Gasteiger partial charge in [-0.2, -0.15) is 0 Å². The van der Waals surface area contributed by atoms with Crippen LogP contribution < -0.4 is 5.32 Å². The van der Waals surface area contributed by atoms with Crippen LogP contribution in [0.2, 0.25) is 10.0 Å². The smallest absolute Gasteiger partial charge is 0.244 e. The van der Waals surface area contributed by atoms with Crippen molar-refractivity contribution in [1.82, 2.24) is 5.32 Å². The Bertz CT molecular complexity index is 663. The van der Waals surface area contributed by atoms with E-state index in [4.69, 9.17) is 23.2 Å². The Hall–Kier alpha value is -1.77. The van der Waals surface area contributed by atoms with Crippen molar-refractivity contribution in [3.05, 3.63) is 75.3 Å². The lowest BCUT2D eigenvalue weighted by Crippen LogP contribution is -2.20. The van der Waals surface area contributed by atoms with Crippen LogP contribution >= 0.6 is 23.2 Å². The monoisotopic (exact) mass is 319 g/mol. The SMILES string of the molecule is Cc1ccc(/C=C\C(=O)NCc2ccc(Cl)c(Cl)c2)cc1. The Labute approximate surface area is 134 Å². The first-order valence-electron chi connectivity index (χ1n) is 6.51. The standard InChI is InChI=1S/C17H15Cl2NO/c1-12-2-4-13(5-3-12)7-9-17(21)20-11-14-6-8-15(18)16(19)10-14/h2-10H,11H2,1H3,(H,20,21)/b9-7-. The van der Waals surface area contributed by atoms with Gasteiger partial charge in [-0.15, -0.1) is 0 Å². The third-order valence-corrected chi connectivity index (χ3v) is 3.69. The van der Waals surface area contributed by atoms with Crippen LogP contribution in [0.4, 0.5) is 0 Å². The molecule has 0 spiro atoms.